The molecule has 7 heteroatoms. The molecule has 0 N–H and O–H groups in total. The minimum atomic E-state index is -0.535. The van der Waals surface area contributed by atoms with Crippen molar-refractivity contribution in [3.8, 4) is 28.1 Å². The summed E-state index contributed by atoms with van der Waals surface area (Å²) in [6.07, 6.45) is 1.67. The van der Waals surface area contributed by atoms with Crippen LogP contribution in [0.2, 0.25) is 0 Å². The fourth-order valence-corrected chi connectivity index (χ4v) is 4.27. The van der Waals surface area contributed by atoms with E-state index in [1.807, 2.05) is 54.6 Å². The quantitative estimate of drug-likeness (QED) is 0.136. The summed E-state index contributed by atoms with van der Waals surface area (Å²) in [7, 11) is 0. The van der Waals surface area contributed by atoms with Crippen LogP contribution in [0.4, 0.5) is 5.69 Å². The molecule has 0 fully saturated rings. The molecule has 0 aliphatic heterocycles. The molecule has 0 atom stereocenters. The van der Waals surface area contributed by atoms with E-state index in [-0.39, 0.29) is 11.1 Å². The first-order valence-corrected chi connectivity index (χ1v) is 12.2. The maximum atomic E-state index is 13.2. The maximum absolute atomic E-state index is 13.2. The highest BCUT2D eigenvalue weighted by molar-refractivity contribution is 5.95. The molecule has 2 heterocycles. The molecular formula is C31H26N2O5. The van der Waals surface area contributed by atoms with E-state index in [1.165, 1.54) is 12.1 Å². The van der Waals surface area contributed by atoms with Crippen molar-refractivity contribution in [3.63, 3.8) is 0 Å². The summed E-state index contributed by atoms with van der Waals surface area (Å²) in [5.41, 5.74) is 3.99. The third-order valence-electron chi connectivity index (χ3n) is 6.37. The monoisotopic (exact) mass is 506 g/mol. The van der Waals surface area contributed by atoms with Crippen LogP contribution in [0.25, 0.3) is 33.2 Å². The number of aromatic nitrogens is 1. The van der Waals surface area contributed by atoms with E-state index in [1.54, 1.807) is 24.4 Å². The van der Waals surface area contributed by atoms with Gasteiger partial charge in [0.05, 0.1) is 10.5 Å². The molecule has 5 aromatic rings. The zero-order valence-electron chi connectivity index (χ0n) is 21.3. The van der Waals surface area contributed by atoms with Crippen molar-refractivity contribution in [2.75, 3.05) is 0 Å². The summed E-state index contributed by atoms with van der Waals surface area (Å²) in [5, 5.41) is 11.8. The lowest BCUT2D eigenvalue weighted by Crippen LogP contribution is -2.12. The van der Waals surface area contributed by atoms with Crippen LogP contribution in [0.1, 0.15) is 31.9 Å². The van der Waals surface area contributed by atoms with Gasteiger partial charge in [-0.1, -0.05) is 51.1 Å². The molecule has 2 aromatic heterocycles. The number of benzene rings is 3. The van der Waals surface area contributed by atoms with Gasteiger partial charge in [0, 0.05) is 34.8 Å². The molecule has 0 saturated carbocycles. The Morgan fingerprint density at radius 2 is 1.63 bits per heavy atom. The first-order chi connectivity index (χ1) is 18.2. The number of non-ortho nitro benzene ring substituents is 1. The van der Waals surface area contributed by atoms with Crippen LogP contribution < -0.4 is 10.4 Å². The lowest BCUT2D eigenvalue weighted by atomic mass is 9.84. The van der Waals surface area contributed by atoms with Gasteiger partial charge >= 0.3 is 5.63 Å². The summed E-state index contributed by atoms with van der Waals surface area (Å²) in [6.45, 7) is 6.69. The Morgan fingerprint density at radius 1 is 0.895 bits per heavy atom. The molecule has 38 heavy (non-hydrogen) atoms. The topological polar surface area (TPSA) is 95.5 Å². The van der Waals surface area contributed by atoms with E-state index in [2.05, 4.69) is 25.8 Å². The zero-order valence-corrected chi connectivity index (χ0v) is 21.3. The number of hydrogen-bond donors (Lipinski definition) is 0. The molecule has 0 saturated heterocycles. The maximum Gasteiger partial charge on any atom is 0.344 e. The summed E-state index contributed by atoms with van der Waals surface area (Å²) in [5.74, 6) is 0.436. The van der Waals surface area contributed by atoms with Crippen molar-refractivity contribution in [1.82, 2.24) is 4.98 Å². The highest BCUT2D eigenvalue weighted by Crippen LogP contribution is 2.38. The van der Waals surface area contributed by atoms with E-state index in [0.29, 0.717) is 40.3 Å². The highest BCUT2D eigenvalue weighted by Gasteiger charge is 2.22. The van der Waals surface area contributed by atoms with Gasteiger partial charge in [-0.05, 0) is 64.6 Å². The van der Waals surface area contributed by atoms with Gasteiger partial charge in [-0.25, -0.2) is 9.78 Å². The second-order valence-electron chi connectivity index (χ2n) is 10.1. The van der Waals surface area contributed by atoms with E-state index in [9.17, 15) is 14.9 Å². The minimum Gasteiger partial charge on any atom is -0.472 e. The molecule has 7 nitrogen and oxygen atoms in total. The van der Waals surface area contributed by atoms with Gasteiger partial charge in [0.15, 0.2) is 0 Å². The van der Waals surface area contributed by atoms with Gasteiger partial charge in [-0.2, -0.15) is 0 Å². The number of nitro benzene ring substituents is 1. The highest BCUT2D eigenvalue weighted by atomic mass is 16.6. The van der Waals surface area contributed by atoms with Crippen LogP contribution in [-0.4, -0.2) is 9.91 Å². The van der Waals surface area contributed by atoms with Crippen LogP contribution >= 0.6 is 0 Å². The molecule has 5 rings (SSSR count). The molecule has 0 aliphatic rings. The average Bonchev–Trinajstić information content (AvgIpc) is 2.91. The Balaban J connectivity index is 1.66. The van der Waals surface area contributed by atoms with Gasteiger partial charge in [0.25, 0.3) is 5.69 Å². The predicted octanol–water partition coefficient (Wildman–Crippen LogP) is 7.31. The second kappa shape index (κ2) is 9.94. The van der Waals surface area contributed by atoms with Crippen LogP contribution in [0.3, 0.4) is 0 Å². The third kappa shape index (κ3) is 5.04. The number of pyridine rings is 1. The largest absolute Gasteiger partial charge is 0.472 e. The van der Waals surface area contributed by atoms with E-state index < -0.39 is 10.5 Å². The number of hydrogen-bond acceptors (Lipinski definition) is 6. The van der Waals surface area contributed by atoms with Crippen LogP contribution in [0, 0.1) is 10.1 Å². The van der Waals surface area contributed by atoms with E-state index >= 15 is 0 Å². The van der Waals surface area contributed by atoms with Crippen molar-refractivity contribution >= 4 is 16.7 Å². The van der Waals surface area contributed by atoms with Crippen LogP contribution in [-0.2, 0) is 12.0 Å². The second-order valence-corrected chi connectivity index (χ2v) is 10.1. The lowest BCUT2D eigenvalue weighted by molar-refractivity contribution is -0.384. The SMILES string of the molecule is CC(C)(C)c1cc(-c2cccnc2OCc2ccccc2)c2oc(=O)c(-c3ccc([N+](=O)[O-])cc3)cc2c1. The number of rotatable bonds is 6. The van der Waals surface area contributed by atoms with Gasteiger partial charge in [0.2, 0.25) is 5.88 Å². The molecule has 0 unspecified atom stereocenters. The number of nitrogens with zero attached hydrogens (tertiary/aromatic N) is 2. The standard InChI is InChI=1S/C31H26N2O5/c1-31(2,3)23-16-22-17-26(21-11-13-24(14-12-21)33(35)36)30(34)38-28(22)27(18-23)25-10-7-15-32-29(25)37-19-20-8-5-4-6-9-20/h4-18H,19H2,1-3H3. The Morgan fingerprint density at radius 3 is 2.32 bits per heavy atom. The molecule has 190 valence electrons. The summed E-state index contributed by atoms with van der Waals surface area (Å²) >= 11 is 0. The van der Waals surface area contributed by atoms with Gasteiger partial charge < -0.3 is 9.15 Å². The molecule has 0 aliphatic carbocycles. The molecule has 0 spiro atoms. The molecule has 0 radical (unpaired) electrons. The Labute approximate surface area is 219 Å². The van der Waals surface area contributed by atoms with E-state index in [0.717, 1.165) is 16.5 Å². The normalized spacial score (nSPS) is 11.4. The first-order valence-electron chi connectivity index (χ1n) is 12.2. The number of nitro groups is 1. The molecule has 0 bridgehead atoms. The average molecular weight is 507 g/mol. The summed E-state index contributed by atoms with van der Waals surface area (Å²) < 4.78 is 12.0. The van der Waals surface area contributed by atoms with Crippen molar-refractivity contribution in [2.45, 2.75) is 32.8 Å². The molecule has 0 amide bonds. The van der Waals surface area contributed by atoms with Crippen molar-refractivity contribution in [1.29, 1.82) is 0 Å². The van der Waals surface area contributed by atoms with Crippen LogP contribution in [0.15, 0.2) is 100 Å². The zero-order chi connectivity index (χ0) is 26.9. The summed E-state index contributed by atoms with van der Waals surface area (Å²) in [6, 6.07) is 25.2. The molecular weight excluding hydrogens is 480 g/mol. The fraction of sp³-hybridized carbons (Fsp3) is 0.161. The number of fused-ring (bicyclic) bond motifs is 1. The van der Waals surface area contributed by atoms with Crippen molar-refractivity contribution < 1.29 is 14.1 Å². The lowest BCUT2D eigenvalue weighted by Gasteiger charge is -2.21. The Hall–Kier alpha value is -4.78. The van der Waals surface area contributed by atoms with Crippen molar-refractivity contribution in [3.05, 3.63) is 123 Å². The minimum absolute atomic E-state index is 0.0455. The van der Waals surface area contributed by atoms with E-state index in [4.69, 9.17) is 9.15 Å². The first kappa shape index (κ1) is 24.9. The van der Waals surface area contributed by atoms with Crippen molar-refractivity contribution in [2.24, 2.45) is 0 Å². The smallest absolute Gasteiger partial charge is 0.344 e. The predicted molar refractivity (Wildman–Crippen MR) is 147 cm³/mol. The van der Waals surface area contributed by atoms with Gasteiger partial charge in [-0.3, -0.25) is 10.1 Å². The fourth-order valence-electron chi connectivity index (χ4n) is 4.27. The molecule has 3 aromatic carbocycles. The summed E-state index contributed by atoms with van der Waals surface area (Å²) in [4.78, 5) is 28.2. The Bertz CT molecular complexity index is 1680. The van der Waals surface area contributed by atoms with Gasteiger partial charge in [0.1, 0.15) is 12.2 Å². The number of ether oxygens (including phenoxy) is 1. The van der Waals surface area contributed by atoms with Gasteiger partial charge in [-0.15, -0.1) is 0 Å². The Kier molecular flexibility index (Phi) is 6.51. The third-order valence-corrected chi connectivity index (χ3v) is 6.37. The van der Waals surface area contributed by atoms with Crippen LogP contribution in [0.5, 0.6) is 5.88 Å².